The molecule has 0 aliphatic carbocycles. The molecule has 0 bridgehead atoms. The maximum absolute atomic E-state index is 5.94. The fourth-order valence-corrected chi connectivity index (χ4v) is 2.34. The lowest BCUT2D eigenvalue weighted by Crippen LogP contribution is -2.40. The van der Waals surface area contributed by atoms with Gasteiger partial charge in [0.1, 0.15) is 5.75 Å². The van der Waals surface area contributed by atoms with E-state index in [1.807, 2.05) is 6.07 Å². The van der Waals surface area contributed by atoms with E-state index in [-0.39, 0.29) is 5.41 Å². The third-order valence-corrected chi connectivity index (χ3v) is 3.95. The van der Waals surface area contributed by atoms with Crippen molar-refractivity contribution < 1.29 is 4.74 Å². The summed E-state index contributed by atoms with van der Waals surface area (Å²) in [6.07, 6.45) is 2.17. The van der Waals surface area contributed by atoms with Gasteiger partial charge in [-0.2, -0.15) is 0 Å². The fourth-order valence-electron chi connectivity index (χ4n) is 2.34. The summed E-state index contributed by atoms with van der Waals surface area (Å²) in [7, 11) is 0. The van der Waals surface area contributed by atoms with Crippen LogP contribution in [-0.4, -0.2) is 26.2 Å². The molecule has 0 radical (unpaired) electrons. The normalized spacial score (nSPS) is 18.5. The fraction of sp³-hybridized carbons (Fsp3) is 0.600. The van der Waals surface area contributed by atoms with Crippen molar-refractivity contribution >= 4 is 5.69 Å². The molecular weight excluding hydrogens is 224 g/mol. The zero-order chi connectivity index (χ0) is 13.0. The largest absolute Gasteiger partial charge is 0.491 e. The smallest absolute Gasteiger partial charge is 0.142 e. The molecule has 1 aliphatic rings. The van der Waals surface area contributed by atoms with Crippen LogP contribution in [0, 0.1) is 5.41 Å². The number of ether oxygens (including phenoxy) is 1. The number of anilines is 1. The summed E-state index contributed by atoms with van der Waals surface area (Å²) in [5, 5.41) is 0. The molecule has 18 heavy (non-hydrogen) atoms. The Morgan fingerprint density at radius 3 is 2.89 bits per heavy atom. The van der Waals surface area contributed by atoms with Crippen molar-refractivity contribution in [1.82, 2.24) is 0 Å². The van der Waals surface area contributed by atoms with Crippen molar-refractivity contribution in [2.45, 2.75) is 26.7 Å². The number of hydrogen-bond acceptors (Lipinski definition) is 3. The molecule has 1 aliphatic heterocycles. The van der Waals surface area contributed by atoms with Gasteiger partial charge in [0.15, 0.2) is 0 Å². The first-order valence-corrected chi connectivity index (χ1v) is 6.85. The summed E-state index contributed by atoms with van der Waals surface area (Å²) in [6, 6.07) is 8.31. The number of hydrogen-bond donors (Lipinski definition) is 1. The van der Waals surface area contributed by atoms with Crippen LogP contribution in [0.4, 0.5) is 5.69 Å². The number of nitrogens with two attached hydrogens (primary N) is 1. The first-order chi connectivity index (χ1) is 8.68. The second-order valence-corrected chi connectivity index (χ2v) is 5.46. The first kappa shape index (κ1) is 13.2. The summed E-state index contributed by atoms with van der Waals surface area (Å²) < 4.78 is 5.79. The number of benzene rings is 1. The molecule has 1 aromatic carbocycles. The van der Waals surface area contributed by atoms with Crippen molar-refractivity contribution in [3.05, 3.63) is 24.3 Å². The molecular formula is C15H24N2O. The first-order valence-electron chi connectivity index (χ1n) is 6.85. The van der Waals surface area contributed by atoms with Gasteiger partial charge >= 0.3 is 0 Å². The van der Waals surface area contributed by atoms with Gasteiger partial charge in [-0.3, -0.25) is 0 Å². The lowest BCUT2D eigenvalue weighted by molar-refractivity contribution is 0.315. The van der Waals surface area contributed by atoms with E-state index in [0.29, 0.717) is 0 Å². The van der Waals surface area contributed by atoms with E-state index >= 15 is 0 Å². The van der Waals surface area contributed by atoms with E-state index < -0.39 is 0 Å². The van der Waals surface area contributed by atoms with Gasteiger partial charge in [-0.15, -0.1) is 0 Å². The summed E-state index contributed by atoms with van der Waals surface area (Å²) in [4.78, 5) is 2.43. The molecule has 0 fully saturated rings. The Balaban J connectivity index is 2.23. The number of para-hydroxylation sites is 2. The second kappa shape index (κ2) is 5.61. The van der Waals surface area contributed by atoms with Gasteiger partial charge in [0.05, 0.1) is 12.3 Å². The Labute approximate surface area is 110 Å². The van der Waals surface area contributed by atoms with E-state index in [4.69, 9.17) is 10.5 Å². The molecule has 0 saturated heterocycles. The highest BCUT2D eigenvalue weighted by Crippen LogP contribution is 2.33. The molecule has 0 spiro atoms. The highest BCUT2D eigenvalue weighted by molar-refractivity contribution is 5.59. The van der Waals surface area contributed by atoms with Crippen LogP contribution in [0.1, 0.15) is 26.7 Å². The molecule has 0 aromatic heterocycles. The van der Waals surface area contributed by atoms with Crippen molar-refractivity contribution in [1.29, 1.82) is 0 Å². The Morgan fingerprint density at radius 2 is 2.17 bits per heavy atom. The number of nitrogens with zero attached hydrogens (tertiary/aromatic N) is 1. The van der Waals surface area contributed by atoms with Gasteiger partial charge in [-0.25, -0.2) is 0 Å². The SMILES string of the molecule is CCC(C)(CN)CN1CCCOc2ccccc21. The van der Waals surface area contributed by atoms with Crippen molar-refractivity contribution in [2.24, 2.45) is 11.1 Å². The Kier molecular flexibility index (Phi) is 4.12. The van der Waals surface area contributed by atoms with Crippen LogP contribution in [0.5, 0.6) is 5.75 Å². The summed E-state index contributed by atoms with van der Waals surface area (Å²) in [5.41, 5.74) is 7.33. The van der Waals surface area contributed by atoms with E-state index in [2.05, 4.69) is 36.9 Å². The van der Waals surface area contributed by atoms with Gasteiger partial charge in [0.25, 0.3) is 0 Å². The predicted octanol–water partition coefficient (Wildman–Crippen LogP) is 2.65. The quantitative estimate of drug-likeness (QED) is 0.890. The Morgan fingerprint density at radius 1 is 1.39 bits per heavy atom. The van der Waals surface area contributed by atoms with Gasteiger partial charge in [0, 0.05) is 13.1 Å². The molecule has 0 saturated carbocycles. The van der Waals surface area contributed by atoms with Crippen LogP contribution in [0.15, 0.2) is 24.3 Å². The molecule has 2 N–H and O–H groups in total. The molecule has 100 valence electrons. The predicted molar refractivity (Wildman–Crippen MR) is 76.2 cm³/mol. The molecule has 2 rings (SSSR count). The van der Waals surface area contributed by atoms with Crippen LogP contribution in [0.25, 0.3) is 0 Å². The van der Waals surface area contributed by atoms with E-state index in [1.165, 1.54) is 5.69 Å². The van der Waals surface area contributed by atoms with E-state index in [9.17, 15) is 0 Å². The van der Waals surface area contributed by atoms with Crippen LogP contribution < -0.4 is 15.4 Å². The van der Waals surface area contributed by atoms with Crippen molar-refractivity contribution in [3.8, 4) is 5.75 Å². The van der Waals surface area contributed by atoms with Crippen molar-refractivity contribution in [2.75, 3.05) is 31.1 Å². The average Bonchev–Trinajstić information content (AvgIpc) is 2.61. The Bertz CT molecular complexity index is 388. The molecule has 1 atom stereocenters. The van der Waals surface area contributed by atoms with E-state index in [1.54, 1.807) is 0 Å². The van der Waals surface area contributed by atoms with Gasteiger partial charge in [-0.05, 0) is 36.9 Å². The zero-order valence-electron chi connectivity index (χ0n) is 11.5. The summed E-state index contributed by atoms with van der Waals surface area (Å²) >= 11 is 0. The molecule has 0 amide bonds. The highest BCUT2D eigenvalue weighted by atomic mass is 16.5. The summed E-state index contributed by atoms with van der Waals surface area (Å²) in [5.74, 6) is 1.01. The average molecular weight is 248 g/mol. The number of rotatable bonds is 4. The molecule has 1 aromatic rings. The van der Waals surface area contributed by atoms with Crippen LogP contribution >= 0.6 is 0 Å². The standard InChI is InChI=1S/C15H24N2O/c1-3-15(2,11-16)12-17-9-6-10-18-14-8-5-4-7-13(14)17/h4-5,7-8H,3,6,9-12,16H2,1-2H3. The monoisotopic (exact) mass is 248 g/mol. The minimum atomic E-state index is 0.178. The Hall–Kier alpha value is -1.22. The third kappa shape index (κ3) is 2.78. The number of fused-ring (bicyclic) bond motifs is 1. The zero-order valence-corrected chi connectivity index (χ0v) is 11.5. The molecule has 3 heteroatoms. The lowest BCUT2D eigenvalue weighted by atomic mass is 9.87. The van der Waals surface area contributed by atoms with Crippen molar-refractivity contribution in [3.63, 3.8) is 0 Å². The molecule has 3 nitrogen and oxygen atoms in total. The van der Waals surface area contributed by atoms with Crippen LogP contribution in [-0.2, 0) is 0 Å². The topological polar surface area (TPSA) is 38.5 Å². The van der Waals surface area contributed by atoms with Gasteiger partial charge in [0.2, 0.25) is 0 Å². The third-order valence-electron chi connectivity index (χ3n) is 3.95. The van der Waals surface area contributed by atoms with Crippen LogP contribution in [0.2, 0.25) is 0 Å². The molecule has 1 heterocycles. The maximum Gasteiger partial charge on any atom is 0.142 e. The molecule has 1 unspecified atom stereocenters. The van der Waals surface area contributed by atoms with Crippen LogP contribution in [0.3, 0.4) is 0 Å². The minimum absolute atomic E-state index is 0.178. The lowest BCUT2D eigenvalue weighted by Gasteiger charge is -2.35. The highest BCUT2D eigenvalue weighted by Gasteiger charge is 2.26. The van der Waals surface area contributed by atoms with Gasteiger partial charge in [-0.1, -0.05) is 26.0 Å². The maximum atomic E-state index is 5.94. The summed E-state index contributed by atoms with van der Waals surface area (Å²) in [6.45, 7) is 8.06. The van der Waals surface area contributed by atoms with E-state index in [0.717, 1.165) is 44.8 Å². The second-order valence-electron chi connectivity index (χ2n) is 5.46. The minimum Gasteiger partial charge on any atom is -0.491 e. The van der Waals surface area contributed by atoms with Gasteiger partial charge < -0.3 is 15.4 Å².